The minimum absolute atomic E-state index is 0.0324. The zero-order valence-corrected chi connectivity index (χ0v) is 11.3. The Morgan fingerprint density at radius 3 is 2.44 bits per heavy atom. The molecule has 1 aliphatic carbocycles. The highest BCUT2D eigenvalue weighted by Gasteiger charge is 2.30. The second kappa shape index (κ2) is 5.42. The molecule has 0 heterocycles. The van der Waals surface area contributed by atoms with Crippen LogP contribution >= 0.6 is 0 Å². The van der Waals surface area contributed by atoms with E-state index in [0.717, 1.165) is 5.75 Å². The average molecular weight is 247 g/mol. The lowest BCUT2D eigenvalue weighted by Crippen LogP contribution is -2.42. The maximum absolute atomic E-state index is 11.9. The van der Waals surface area contributed by atoms with Gasteiger partial charge in [-0.3, -0.25) is 4.79 Å². The largest absolute Gasteiger partial charge is 0.481 e. The average Bonchev–Trinajstić information content (AvgIpc) is 3.16. The summed E-state index contributed by atoms with van der Waals surface area (Å²) in [5.74, 6) is 1.37. The number of nitrogens with one attached hydrogen (secondary N) is 1. The van der Waals surface area contributed by atoms with E-state index in [9.17, 15) is 4.79 Å². The predicted octanol–water partition coefficient (Wildman–Crippen LogP) is 2.68. The summed E-state index contributed by atoms with van der Waals surface area (Å²) in [7, 11) is 0. The van der Waals surface area contributed by atoms with Crippen LogP contribution < -0.4 is 10.1 Å². The van der Waals surface area contributed by atoms with Gasteiger partial charge < -0.3 is 10.1 Å². The molecule has 1 aromatic carbocycles. The molecule has 1 aliphatic rings. The molecule has 3 nitrogen and oxygen atoms in total. The van der Waals surface area contributed by atoms with Crippen molar-refractivity contribution in [2.24, 2.45) is 5.92 Å². The standard InChI is InChI=1S/C15H21NO2/c1-10-4-8-14(9-5-10)18-12(3)15(17)16-11(2)13-6-7-13/h4-5,8-9,11-13H,6-7H2,1-3H3,(H,16,17). The van der Waals surface area contributed by atoms with Crippen molar-refractivity contribution < 1.29 is 9.53 Å². The number of aryl methyl sites for hydroxylation is 1. The number of rotatable bonds is 5. The summed E-state index contributed by atoms with van der Waals surface area (Å²) in [4.78, 5) is 11.9. The first-order valence-electron chi connectivity index (χ1n) is 6.60. The molecule has 1 fully saturated rings. The van der Waals surface area contributed by atoms with E-state index in [1.54, 1.807) is 6.92 Å². The molecule has 0 saturated heterocycles. The fourth-order valence-corrected chi connectivity index (χ4v) is 1.93. The fraction of sp³-hybridized carbons (Fsp3) is 0.533. The van der Waals surface area contributed by atoms with E-state index in [4.69, 9.17) is 4.74 Å². The van der Waals surface area contributed by atoms with Crippen LogP contribution in [0.4, 0.5) is 0 Å². The molecule has 2 unspecified atom stereocenters. The Bertz CT molecular complexity index is 409. The second-order valence-electron chi connectivity index (χ2n) is 5.21. The third-order valence-electron chi connectivity index (χ3n) is 3.40. The highest BCUT2D eigenvalue weighted by Crippen LogP contribution is 2.32. The van der Waals surface area contributed by atoms with Gasteiger partial charge in [0.1, 0.15) is 5.75 Å². The van der Waals surface area contributed by atoms with Gasteiger partial charge in [0.2, 0.25) is 0 Å². The summed E-state index contributed by atoms with van der Waals surface area (Å²) >= 11 is 0. The fourth-order valence-electron chi connectivity index (χ4n) is 1.93. The third-order valence-corrected chi connectivity index (χ3v) is 3.40. The van der Waals surface area contributed by atoms with Crippen LogP contribution in [-0.2, 0) is 4.79 Å². The Morgan fingerprint density at radius 1 is 1.28 bits per heavy atom. The van der Waals surface area contributed by atoms with Crippen molar-refractivity contribution in [3.63, 3.8) is 0 Å². The number of benzene rings is 1. The zero-order valence-electron chi connectivity index (χ0n) is 11.3. The summed E-state index contributed by atoms with van der Waals surface area (Å²) in [6.07, 6.45) is 2.01. The molecule has 0 spiro atoms. The van der Waals surface area contributed by atoms with Crippen molar-refractivity contribution >= 4 is 5.91 Å². The predicted molar refractivity (Wildman–Crippen MR) is 71.6 cm³/mol. The smallest absolute Gasteiger partial charge is 0.260 e. The van der Waals surface area contributed by atoms with Gasteiger partial charge in [0.05, 0.1) is 0 Å². The summed E-state index contributed by atoms with van der Waals surface area (Å²) in [6.45, 7) is 5.88. The molecule has 2 rings (SSSR count). The lowest BCUT2D eigenvalue weighted by Gasteiger charge is -2.18. The molecule has 98 valence electrons. The molecule has 18 heavy (non-hydrogen) atoms. The van der Waals surface area contributed by atoms with Crippen LogP contribution in [0.25, 0.3) is 0 Å². The molecule has 1 saturated carbocycles. The summed E-state index contributed by atoms with van der Waals surface area (Å²) in [6, 6.07) is 8.01. The summed E-state index contributed by atoms with van der Waals surface area (Å²) < 4.78 is 5.62. The molecule has 1 aromatic rings. The van der Waals surface area contributed by atoms with Crippen molar-refractivity contribution in [3.8, 4) is 5.75 Å². The first kappa shape index (κ1) is 12.9. The van der Waals surface area contributed by atoms with E-state index in [-0.39, 0.29) is 11.9 Å². The molecular formula is C15H21NO2. The Labute approximate surface area is 109 Å². The SMILES string of the molecule is Cc1ccc(OC(C)C(=O)NC(C)C2CC2)cc1. The Hall–Kier alpha value is -1.51. The Balaban J connectivity index is 1.84. The molecule has 0 bridgehead atoms. The summed E-state index contributed by atoms with van der Waals surface area (Å²) in [5, 5.41) is 3.01. The van der Waals surface area contributed by atoms with E-state index in [1.165, 1.54) is 18.4 Å². The van der Waals surface area contributed by atoms with Gasteiger partial charge in [0.15, 0.2) is 6.10 Å². The molecule has 0 radical (unpaired) electrons. The first-order chi connectivity index (χ1) is 8.56. The van der Waals surface area contributed by atoms with Crippen molar-refractivity contribution in [3.05, 3.63) is 29.8 Å². The van der Waals surface area contributed by atoms with Gasteiger partial charge in [-0.25, -0.2) is 0 Å². The van der Waals surface area contributed by atoms with Crippen molar-refractivity contribution in [1.82, 2.24) is 5.32 Å². The van der Waals surface area contributed by atoms with Gasteiger partial charge in [0.25, 0.3) is 5.91 Å². The molecule has 3 heteroatoms. The van der Waals surface area contributed by atoms with Crippen molar-refractivity contribution in [2.45, 2.75) is 45.8 Å². The van der Waals surface area contributed by atoms with Gasteiger partial charge in [-0.2, -0.15) is 0 Å². The lowest BCUT2D eigenvalue weighted by atomic mass is 10.2. The van der Waals surface area contributed by atoms with Crippen molar-refractivity contribution in [1.29, 1.82) is 0 Å². The van der Waals surface area contributed by atoms with Crippen LogP contribution in [0.1, 0.15) is 32.3 Å². The molecule has 0 aromatic heterocycles. The highest BCUT2D eigenvalue weighted by atomic mass is 16.5. The number of hydrogen-bond acceptors (Lipinski definition) is 2. The number of carbonyl (C=O) groups is 1. The number of carbonyl (C=O) groups excluding carboxylic acids is 1. The number of amides is 1. The highest BCUT2D eigenvalue weighted by molar-refractivity contribution is 5.81. The van der Waals surface area contributed by atoms with Gasteiger partial charge >= 0.3 is 0 Å². The van der Waals surface area contributed by atoms with E-state index >= 15 is 0 Å². The van der Waals surface area contributed by atoms with Crippen LogP contribution in [0.5, 0.6) is 5.75 Å². The van der Waals surface area contributed by atoms with Crippen LogP contribution in [0.3, 0.4) is 0 Å². The molecular weight excluding hydrogens is 226 g/mol. The number of hydrogen-bond donors (Lipinski definition) is 1. The molecule has 1 amide bonds. The van der Waals surface area contributed by atoms with Crippen LogP contribution in [0, 0.1) is 12.8 Å². The van der Waals surface area contributed by atoms with Crippen LogP contribution in [0.2, 0.25) is 0 Å². The normalized spacial score (nSPS) is 17.9. The molecule has 0 aliphatic heterocycles. The minimum Gasteiger partial charge on any atom is -0.481 e. The molecule has 2 atom stereocenters. The zero-order chi connectivity index (χ0) is 13.1. The minimum atomic E-state index is -0.450. The van der Waals surface area contributed by atoms with Crippen LogP contribution in [0.15, 0.2) is 24.3 Å². The van der Waals surface area contributed by atoms with Gasteiger partial charge in [-0.05, 0) is 51.7 Å². The summed E-state index contributed by atoms with van der Waals surface area (Å²) in [5.41, 5.74) is 1.18. The third kappa shape index (κ3) is 3.49. The van der Waals surface area contributed by atoms with Crippen molar-refractivity contribution in [2.75, 3.05) is 0 Å². The second-order valence-corrected chi connectivity index (χ2v) is 5.21. The maximum atomic E-state index is 11.9. The van der Waals surface area contributed by atoms with E-state index in [2.05, 4.69) is 12.2 Å². The van der Waals surface area contributed by atoms with Crippen LogP contribution in [-0.4, -0.2) is 18.1 Å². The number of ether oxygens (including phenoxy) is 1. The van der Waals surface area contributed by atoms with E-state index in [1.807, 2.05) is 31.2 Å². The Morgan fingerprint density at radius 2 is 1.89 bits per heavy atom. The van der Waals surface area contributed by atoms with Gasteiger partial charge in [0, 0.05) is 6.04 Å². The van der Waals surface area contributed by atoms with E-state index < -0.39 is 6.10 Å². The molecule has 1 N–H and O–H groups in total. The Kier molecular flexibility index (Phi) is 3.90. The van der Waals surface area contributed by atoms with Gasteiger partial charge in [-0.15, -0.1) is 0 Å². The first-order valence-corrected chi connectivity index (χ1v) is 6.60. The topological polar surface area (TPSA) is 38.3 Å². The monoisotopic (exact) mass is 247 g/mol. The quantitative estimate of drug-likeness (QED) is 0.868. The lowest BCUT2D eigenvalue weighted by molar-refractivity contribution is -0.128. The maximum Gasteiger partial charge on any atom is 0.260 e. The van der Waals surface area contributed by atoms with E-state index in [0.29, 0.717) is 5.92 Å². The van der Waals surface area contributed by atoms with Gasteiger partial charge in [-0.1, -0.05) is 17.7 Å².